The highest BCUT2D eigenvalue weighted by molar-refractivity contribution is 5.74. The Bertz CT molecular complexity index is 1280. The van der Waals surface area contributed by atoms with Gasteiger partial charge in [-0.05, 0) is 59.5 Å². The second-order valence-electron chi connectivity index (χ2n) is 8.63. The predicted molar refractivity (Wildman–Crippen MR) is 138 cm³/mol. The third-order valence-electron chi connectivity index (χ3n) is 6.03. The predicted octanol–water partition coefficient (Wildman–Crippen LogP) is 5.80. The molecule has 6 nitrogen and oxygen atoms in total. The van der Waals surface area contributed by atoms with Crippen molar-refractivity contribution in [2.75, 3.05) is 20.7 Å². The molecule has 1 heterocycles. The fraction of sp³-hybridized carbons (Fsp3) is 0.276. The maximum absolute atomic E-state index is 10.6. The molecule has 0 N–H and O–H groups in total. The van der Waals surface area contributed by atoms with E-state index in [4.69, 9.17) is 9.26 Å². The molecule has 0 spiro atoms. The largest absolute Gasteiger partial charge is 0.380 e. The fourth-order valence-corrected chi connectivity index (χ4v) is 4.29. The lowest BCUT2D eigenvalue weighted by atomic mass is 9.93. The van der Waals surface area contributed by atoms with Crippen LogP contribution in [-0.4, -0.2) is 42.0 Å². The van der Waals surface area contributed by atoms with Gasteiger partial charge < -0.3 is 19.0 Å². The van der Waals surface area contributed by atoms with Gasteiger partial charge in [-0.15, -0.1) is 0 Å². The summed E-state index contributed by atoms with van der Waals surface area (Å²) in [6.45, 7) is 4.12. The summed E-state index contributed by atoms with van der Waals surface area (Å²) in [6, 6.07) is 22.8. The number of hydrogen-bond donors (Lipinski definition) is 0. The smallest absolute Gasteiger partial charge is 0.258 e. The number of aldehydes is 1. The number of nitrogens with zero attached hydrogens (tertiary/aromatic N) is 3. The molecule has 6 heteroatoms. The molecule has 0 amide bonds. The van der Waals surface area contributed by atoms with E-state index >= 15 is 0 Å². The minimum atomic E-state index is 0.473. The summed E-state index contributed by atoms with van der Waals surface area (Å²) >= 11 is 0. The first kappa shape index (κ1) is 24.5. The second-order valence-corrected chi connectivity index (χ2v) is 8.63. The number of ether oxygens (including phenoxy) is 1. The lowest BCUT2D eigenvalue weighted by molar-refractivity contribution is -0.108. The minimum absolute atomic E-state index is 0.473. The normalized spacial score (nSPS) is 11.2. The number of methoxy groups -OCH3 is 1. The molecular formula is C29H31N3O3. The number of carbonyl (C=O) groups is 1. The van der Waals surface area contributed by atoms with Crippen LogP contribution in [0.25, 0.3) is 34.0 Å². The van der Waals surface area contributed by atoms with Gasteiger partial charge in [-0.1, -0.05) is 60.6 Å². The van der Waals surface area contributed by atoms with Gasteiger partial charge in [-0.2, -0.15) is 4.98 Å². The summed E-state index contributed by atoms with van der Waals surface area (Å²) in [5, 5.41) is 4.24. The van der Waals surface area contributed by atoms with Crippen molar-refractivity contribution in [3.8, 4) is 34.0 Å². The van der Waals surface area contributed by atoms with Crippen LogP contribution < -0.4 is 0 Å². The average molecular weight is 470 g/mol. The molecule has 0 aliphatic heterocycles. The first-order valence-corrected chi connectivity index (χ1v) is 11.9. The SMILES string of the molecule is CCc1ccccc1-c1ccc(-c2nc(-c3cccc(CN(C)CCC=O)c3)no2)cc1COC. The van der Waals surface area contributed by atoms with Gasteiger partial charge in [0, 0.05) is 37.7 Å². The fourth-order valence-electron chi connectivity index (χ4n) is 4.29. The van der Waals surface area contributed by atoms with E-state index in [0.717, 1.165) is 53.6 Å². The van der Waals surface area contributed by atoms with Crippen molar-refractivity contribution in [3.05, 3.63) is 83.4 Å². The van der Waals surface area contributed by atoms with Crippen molar-refractivity contribution in [2.45, 2.75) is 32.9 Å². The lowest BCUT2D eigenvalue weighted by Gasteiger charge is -2.15. The molecule has 0 saturated carbocycles. The zero-order valence-corrected chi connectivity index (χ0v) is 20.5. The minimum Gasteiger partial charge on any atom is -0.380 e. The van der Waals surface area contributed by atoms with Crippen LogP contribution in [0.1, 0.15) is 30.0 Å². The van der Waals surface area contributed by atoms with E-state index in [2.05, 4.69) is 70.5 Å². The van der Waals surface area contributed by atoms with Gasteiger partial charge in [-0.25, -0.2) is 0 Å². The van der Waals surface area contributed by atoms with Gasteiger partial charge in [0.25, 0.3) is 5.89 Å². The van der Waals surface area contributed by atoms with Gasteiger partial charge in [0.15, 0.2) is 0 Å². The number of aryl methyl sites for hydroxylation is 1. The molecule has 0 unspecified atom stereocenters. The van der Waals surface area contributed by atoms with E-state index in [-0.39, 0.29) is 0 Å². The highest BCUT2D eigenvalue weighted by Crippen LogP contribution is 2.32. The molecule has 35 heavy (non-hydrogen) atoms. The van der Waals surface area contributed by atoms with Crippen LogP contribution in [0.15, 0.2) is 71.3 Å². The number of aromatic nitrogens is 2. The molecule has 4 rings (SSSR count). The van der Waals surface area contributed by atoms with Crippen LogP contribution >= 0.6 is 0 Å². The molecule has 0 bridgehead atoms. The Hall–Kier alpha value is -3.61. The summed E-state index contributed by atoms with van der Waals surface area (Å²) in [4.78, 5) is 17.4. The molecule has 0 saturated heterocycles. The van der Waals surface area contributed by atoms with Crippen molar-refractivity contribution in [2.24, 2.45) is 0 Å². The summed E-state index contributed by atoms with van der Waals surface area (Å²) in [5.74, 6) is 1.02. The van der Waals surface area contributed by atoms with Crippen LogP contribution in [0.5, 0.6) is 0 Å². The van der Waals surface area contributed by atoms with Crippen molar-refractivity contribution >= 4 is 6.29 Å². The summed E-state index contributed by atoms with van der Waals surface area (Å²) in [7, 11) is 3.71. The highest BCUT2D eigenvalue weighted by atomic mass is 16.5. The average Bonchev–Trinajstić information content (AvgIpc) is 3.38. The molecular weight excluding hydrogens is 438 g/mol. The van der Waals surface area contributed by atoms with Gasteiger partial charge in [-0.3, -0.25) is 0 Å². The molecule has 180 valence electrons. The molecule has 3 aromatic carbocycles. The van der Waals surface area contributed by atoms with E-state index in [1.165, 1.54) is 11.1 Å². The van der Waals surface area contributed by atoms with Gasteiger partial charge >= 0.3 is 0 Å². The van der Waals surface area contributed by atoms with Gasteiger partial charge in [0.2, 0.25) is 5.82 Å². The number of hydrogen-bond acceptors (Lipinski definition) is 6. The van der Waals surface area contributed by atoms with Crippen LogP contribution in [0.3, 0.4) is 0 Å². The van der Waals surface area contributed by atoms with Gasteiger partial charge in [0.05, 0.1) is 6.61 Å². The topological polar surface area (TPSA) is 68.5 Å². The molecule has 0 fully saturated rings. The van der Waals surface area contributed by atoms with Crippen molar-refractivity contribution < 1.29 is 14.1 Å². The van der Waals surface area contributed by atoms with E-state index in [1.54, 1.807) is 7.11 Å². The van der Waals surface area contributed by atoms with Crippen molar-refractivity contribution in [3.63, 3.8) is 0 Å². The Balaban J connectivity index is 1.61. The molecule has 1 aromatic heterocycles. The van der Waals surface area contributed by atoms with E-state index in [0.29, 0.717) is 24.7 Å². The Morgan fingerprint density at radius 1 is 0.971 bits per heavy atom. The third kappa shape index (κ3) is 5.91. The van der Waals surface area contributed by atoms with Crippen molar-refractivity contribution in [1.82, 2.24) is 15.0 Å². The molecule has 0 atom stereocenters. The first-order valence-electron chi connectivity index (χ1n) is 11.9. The zero-order chi connectivity index (χ0) is 24.6. The third-order valence-corrected chi connectivity index (χ3v) is 6.03. The monoisotopic (exact) mass is 469 g/mol. The maximum atomic E-state index is 10.6. The Morgan fingerprint density at radius 2 is 1.80 bits per heavy atom. The van der Waals surface area contributed by atoms with Crippen LogP contribution in [0, 0.1) is 0 Å². The molecule has 0 aliphatic rings. The zero-order valence-electron chi connectivity index (χ0n) is 20.5. The summed E-state index contributed by atoms with van der Waals surface area (Å²) in [6.07, 6.45) is 2.43. The first-order chi connectivity index (χ1) is 17.1. The Morgan fingerprint density at radius 3 is 2.60 bits per heavy atom. The lowest BCUT2D eigenvalue weighted by Crippen LogP contribution is -2.19. The number of benzene rings is 3. The van der Waals surface area contributed by atoms with Crippen molar-refractivity contribution in [1.29, 1.82) is 0 Å². The molecule has 0 aliphatic carbocycles. The highest BCUT2D eigenvalue weighted by Gasteiger charge is 2.15. The Labute approximate surface area is 206 Å². The van der Waals surface area contributed by atoms with E-state index < -0.39 is 0 Å². The quantitative estimate of drug-likeness (QED) is 0.259. The molecule has 4 aromatic rings. The second kappa shape index (κ2) is 11.7. The number of rotatable bonds is 11. The van der Waals surface area contributed by atoms with Gasteiger partial charge in [0.1, 0.15) is 6.29 Å². The van der Waals surface area contributed by atoms with Crippen LogP contribution in [0.4, 0.5) is 0 Å². The maximum Gasteiger partial charge on any atom is 0.258 e. The summed E-state index contributed by atoms with van der Waals surface area (Å²) in [5.41, 5.74) is 7.63. The van der Waals surface area contributed by atoms with Crippen LogP contribution in [0.2, 0.25) is 0 Å². The number of carbonyl (C=O) groups excluding carboxylic acids is 1. The summed E-state index contributed by atoms with van der Waals surface area (Å²) < 4.78 is 11.2. The Kier molecular flexibility index (Phi) is 8.19. The van der Waals surface area contributed by atoms with E-state index in [1.807, 2.05) is 25.2 Å². The molecule has 0 radical (unpaired) electrons. The van der Waals surface area contributed by atoms with E-state index in [9.17, 15) is 4.79 Å². The van der Waals surface area contributed by atoms with Crippen LogP contribution in [-0.2, 0) is 29.1 Å². The standard InChI is InChI=1S/C29H31N3O3/c1-4-22-10-5-6-12-26(22)27-14-13-24(18-25(27)20-34-3)29-30-28(31-35-29)23-11-7-9-21(17-23)19-32(2)15-8-16-33/h5-7,9-14,16-18H,4,8,15,19-20H2,1-3H3.